The van der Waals surface area contributed by atoms with Gasteiger partial charge in [0.1, 0.15) is 42.1 Å². The average molecular weight is 773 g/mol. The largest absolute Gasteiger partial charge is 0.493 e. The molecule has 0 amide bonds. The van der Waals surface area contributed by atoms with Gasteiger partial charge in [0.2, 0.25) is 0 Å². The number of carboxylic acid groups (broad SMARTS) is 1. The van der Waals surface area contributed by atoms with Gasteiger partial charge in [-0.2, -0.15) is 5.26 Å². The number of aromatic nitrogens is 1. The van der Waals surface area contributed by atoms with Crippen LogP contribution in [0.4, 0.5) is 0 Å². The molecule has 2 atom stereocenters. The molecule has 55 heavy (non-hydrogen) atoms. The molecule has 4 N–H and O–H groups in total. The summed E-state index contributed by atoms with van der Waals surface area (Å²) in [6.07, 6.45) is 4.50. The molecule has 5 rings (SSSR count). The number of aliphatic carboxylic acids is 1. The zero-order valence-corrected chi connectivity index (χ0v) is 32.3. The number of rotatable bonds is 19. The number of carbonyl (C=O) groups is 1. The van der Waals surface area contributed by atoms with E-state index in [1.165, 1.54) is 18.0 Å². The number of aliphatic hydroxyl groups is 3. The normalized spacial score (nSPS) is 15.4. The SMILES string of the molecule is Cc1c(COc2cc(OCc3cncc(C#N)c3)c(CN(CCO)C(C)(CO)C(=O)O)cc2Cl)cccc1-c1cccc(OCCCN2CCC(O)C2)c1C. The first-order valence-electron chi connectivity index (χ1n) is 18.3. The molecule has 0 radical (unpaired) electrons. The number of carboxylic acids is 1. The number of nitrogens with zero attached hydrogens (tertiary/aromatic N) is 4. The Morgan fingerprint density at radius 3 is 2.44 bits per heavy atom. The highest BCUT2D eigenvalue weighted by Crippen LogP contribution is 2.37. The molecule has 2 unspecified atom stereocenters. The van der Waals surface area contributed by atoms with Crippen LogP contribution in [0.1, 0.15) is 53.1 Å². The van der Waals surface area contributed by atoms with Gasteiger partial charge in [-0.15, -0.1) is 0 Å². The molecule has 0 aliphatic carbocycles. The fraction of sp³-hybridized carbons (Fsp3) is 0.405. The van der Waals surface area contributed by atoms with Crippen molar-refractivity contribution < 1.29 is 39.4 Å². The van der Waals surface area contributed by atoms with Crippen molar-refractivity contribution in [2.45, 2.75) is 65.0 Å². The van der Waals surface area contributed by atoms with Crippen molar-refractivity contribution in [3.05, 3.63) is 105 Å². The van der Waals surface area contributed by atoms with Gasteiger partial charge < -0.3 is 39.5 Å². The molecule has 1 saturated heterocycles. The number of likely N-dealkylation sites (tertiary alicyclic amines) is 1. The van der Waals surface area contributed by atoms with Crippen molar-refractivity contribution in [1.29, 1.82) is 5.26 Å². The number of benzene rings is 3. The lowest BCUT2D eigenvalue weighted by atomic mass is 9.93. The topological polar surface area (TPSA) is 169 Å². The predicted octanol–water partition coefficient (Wildman–Crippen LogP) is 5.51. The van der Waals surface area contributed by atoms with E-state index < -0.39 is 18.1 Å². The highest BCUT2D eigenvalue weighted by atomic mass is 35.5. The summed E-state index contributed by atoms with van der Waals surface area (Å²) in [7, 11) is 0. The fourth-order valence-electron chi connectivity index (χ4n) is 6.70. The van der Waals surface area contributed by atoms with E-state index in [1.54, 1.807) is 24.4 Å². The smallest absolute Gasteiger partial charge is 0.326 e. The van der Waals surface area contributed by atoms with E-state index in [0.717, 1.165) is 66.0 Å². The van der Waals surface area contributed by atoms with Crippen LogP contribution in [0.3, 0.4) is 0 Å². The van der Waals surface area contributed by atoms with E-state index in [0.29, 0.717) is 34.8 Å². The number of pyridine rings is 1. The van der Waals surface area contributed by atoms with Crippen LogP contribution in [-0.2, 0) is 24.6 Å². The molecule has 1 aliphatic heterocycles. The lowest BCUT2D eigenvalue weighted by molar-refractivity contribution is -0.154. The Morgan fingerprint density at radius 2 is 1.75 bits per heavy atom. The third-order valence-corrected chi connectivity index (χ3v) is 10.5. The molecule has 12 nitrogen and oxygen atoms in total. The third-order valence-electron chi connectivity index (χ3n) is 10.2. The van der Waals surface area contributed by atoms with E-state index in [9.17, 15) is 30.5 Å². The van der Waals surface area contributed by atoms with Gasteiger partial charge in [-0.1, -0.05) is 41.9 Å². The summed E-state index contributed by atoms with van der Waals surface area (Å²) in [5.41, 5.74) is 4.91. The van der Waals surface area contributed by atoms with Gasteiger partial charge in [-0.3, -0.25) is 14.7 Å². The van der Waals surface area contributed by atoms with Crippen LogP contribution in [0, 0.1) is 25.2 Å². The maximum Gasteiger partial charge on any atom is 0.326 e. The highest BCUT2D eigenvalue weighted by molar-refractivity contribution is 6.32. The molecule has 0 bridgehead atoms. The Labute approximate surface area is 327 Å². The zero-order chi connectivity index (χ0) is 39.5. The van der Waals surface area contributed by atoms with Crippen LogP contribution in [0.25, 0.3) is 11.1 Å². The summed E-state index contributed by atoms with van der Waals surface area (Å²) in [6, 6.07) is 19.1. The average Bonchev–Trinajstić information content (AvgIpc) is 3.60. The number of nitriles is 1. The Hall–Kier alpha value is -4.74. The van der Waals surface area contributed by atoms with Gasteiger partial charge in [-0.05, 0) is 79.6 Å². The summed E-state index contributed by atoms with van der Waals surface area (Å²) < 4.78 is 18.8. The molecular weight excluding hydrogens is 724 g/mol. The van der Waals surface area contributed by atoms with Gasteiger partial charge in [0.15, 0.2) is 0 Å². The van der Waals surface area contributed by atoms with Crippen molar-refractivity contribution in [3.63, 3.8) is 0 Å². The van der Waals surface area contributed by atoms with Crippen LogP contribution in [0.5, 0.6) is 17.2 Å². The van der Waals surface area contributed by atoms with Gasteiger partial charge in [-0.25, -0.2) is 0 Å². The maximum absolute atomic E-state index is 12.2. The molecule has 1 aliphatic rings. The fourth-order valence-corrected chi connectivity index (χ4v) is 6.94. The molecule has 13 heteroatoms. The number of halogens is 1. The third kappa shape index (κ3) is 10.3. The number of hydrogen-bond donors (Lipinski definition) is 4. The van der Waals surface area contributed by atoms with Crippen molar-refractivity contribution in [1.82, 2.24) is 14.8 Å². The van der Waals surface area contributed by atoms with Gasteiger partial charge in [0.25, 0.3) is 0 Å². The summed E-state index contributed by atoms with van der Waals surface area (Å²) in [4.78, 5) is 20.0. The molecule has 292 valence electrons. The van der Waals surface area contributed by atoms with Crippen molar-refractivity contribution >= 4 is 17.6 Å². The summed E-state index contributed by atoms with van der Waals surface area (Å²) in [6.45, 7) is 7.72. The lowest BCUT2D eigenvalue weighted by Crippen LogP contribution is -2.55. The maximum atomic E-state index is 12.2. The van der Waals surface area contributed by atoms with Gasteiger partial charge in [0, 0.05) is 62.3 Å². The summed E-state index contributed by atoms with van der Waals surface area (Å²) in [5.74, 6) is 0.251. The van der Waals surface area contributed by atoms with Crippen LogP contribution in [0.15, 0.2) is 67.0 Å². The van der Waals surface area contributed by atoms with E-state index >= 15 is 0 Å². The van der Waals surface area contributed by atoms with Crippen molar-refractivity contribution in [2.75, 3.05) is 46.0 Å². The molecule has 0 spiro atoms. The quantitative estimate of drug-likeness (QED) is 0.0884. The minimum Gasteiger partial charge on any atom is -0.493 e. The molecule has 0 saturated carbocycles. The molecule has 1 aromatic heterocycles. The lowest BCUT2D eigenvalue weighted by Gasteiger charge is -2.36. The Morgan fingerprint density at radius 1 is 1.00 bits per heavy atom. The number of β-amino-alcohol motifs (C(OH)–C–C–N with tert-alkyl or cyclic N) is 2. The van der Waals surface area contributed by atoms with Crippen LogP contribution in [-0.4, -0.2) is 98.8 Å². The van der Waals surface area contributed by atoms with E-state index in [-0.39, 0.29) is 44.0 Å². The van der Waals surface area contributed by atoms with Gasteiger partial charge in [0.05, 0.1) is 36.5 Å². The Bertz CT molecular complexity index is 1990. The second-order valence-electron chi connectivity index (χ2n) is 14.0. The molecule has 1 fully saturated rings. The minimum atomic E-state index is -1.70. The number of hydrogen-bond acceptors (Lipinski definition) is 11. The monoisotopic (exact) mass is 772 g/mol. The van der Waals surface area contributed by atoms with Gasteiger partial charge >= 0.3 is 5.97 Å². The van der Waals surface area contributed by atoms with Crippen molar-refractivity contribution in [3.8, 4) is 34.4 Å². The standard InChI is InChI=1S/C42H49ClN4O8/c1-28-32(7-4-8-35(28)36-9-5-10-38(29(36)2)53-16-6-12-46-13-11-34(50)24-46)26-55-40-19-39(54-25-31-17-30(20-44)21-45-22-31)33(18-37(40)43)23-47(14-15-48)42(3,27-49)41(51)52/h4-5,7-10,17-19,21-22,34,48-50H,6,11-16,23-27H2,1-3H3,(H,51,52). The summed E-state index contributed by atoms with van der Waals surface area (Å²) >= 11 is 6.81. The van der Waals surface area contributed by atoms with E-state index in [4.69, 9.17) is 25.8 Å². The first-order valence-corrected chi connectivity index (χ1v) is 18.7. The van der Waals surface area contributed by atoms with E-state index in [1.807, 2.05) is 31.2 Å². The van der Waals surface area contributed by atoms with Crippen LogP contribution in [0.2, 0.25) is 5.02 Å². The van der Waals surface area contributed by atoms with Crippen molar-refractivity contribution in [2.24, 2.45) is 0 Å². The summed E-state index contributed by atoms with van der Waals surface area (Å²) in [5, 5.41) is 49.2. The Balaban J connectivity index is 1.36. The second kappa shape index (κ2) is 19.2. The van der Waals surface area contributed by atoms with E-state index in [2.05, 4.69) is 35.0 Å². The predicted molar refractivity (Wildman–Crippen MR) is 208 cm³/mol. The second-order valence-corrected chi connectivity index (χ2v) is 14.4. The number of ether oxygens (including phenoxy) is 3. The first-order chi connectivity index (χ1) is 26.5. The first kappa shape index (κ1) is 41.4. The molecular formula is C42H49ClN4O8. The minimum absolute atomic E-state index is 0.0262. The highest BCUT2D eigenvalue weighted by Gasteiger charge is 2.39. The molecule has 3 aromatic carbocycles. The van der Waals surface area contributed by atoms with Crippen LogP contribution >= 0.6 is 11.6 Å². The zero-order valence-electron chi connectivity index (χ0n) is 31.5. The van der Waals surface area contributed by atoms with Crippen LogP contribution < -0.4 is 14.2 Å². The number of aliphatic hydroxyl groups excluding tert-OH is 3. The molecule has 4 aromatic rings. The molecule has 2 heterocycles. The Kier molecular flexibility index (Phi) is 14.5.